The van der Waals surface area contributed by atoms with Gasteiger partial charge in [0.1, 0.15) is 23.7 Å². The summed E-state index contributed by atoms with van der Waals surface area (Å²) < 4.78 is 11.9. The van der Waals surface area contributed by atoms with Gasteiger partial charge in [0.15, 0.2) is 5.75 Å². The first-order valence-corrected chi connectivity index (χ1v) is 12.4. The number of nitro groups is 1. The molecule has 0 atom stereocenters. The Morgan fingerprint density at radius 3 is 2.58 bits per heavy atom. The second-order valence-electron chi connectivity index (χ2n) is 9.06. The number of halogens is 1. The van der Waals surface area contributed by atoms with Gasteiger partial charge >= 0.3 is 5.69 Å². The largest absolute Gasteiger partial charge is 0.483 e. The zero-order valence-corrected chi connectivity index (χ0v) is 21.3. The molecule has 0 radical (unpaired) electrons. The predicted molar refractivity (Wildman–Crippen MR) is 146 cm³/mol. The van der Waals surface area contributed by atoms with Crippen LogP contribution in [0.15, 0.2) is 66.9 Å². The van der Waals surface area contributed by atoms with Gasteiger partial charge in [-0.2, -0.15) is 5.26 Å². The van der Waals surface area contributed by atoms with Crippen LogP contribution in [-0.4, -0.2) is 41.0 Å². The third-order valence-electron chi connectivity index (χ3n) is 6.40. The number of ether oxygens (including phenoxy) is 2. The molecule has 192 valence electrons. The number of likely N-dealkylation sites (tertiary alicyclic amines) is 1. The Morgan fingerprint density at radius 2 is 1.89 bits per heavy atom. The van der Waals surface area contributed by atoms with Crippen LogP contribution >= 0.6 is 11.6 Å². The minimum Gasteiger partial charge on any atom is -0.483 e. The number of hydrogen-bond donors (Lipinski definition) is 1. The van der Waals surface area contributed by atoms with Gasteiger partial charge < -0.3 is 19.7 Å². The lowest BCUT2D eigenvalue weighted by Crippen LogP contribution is -2.35. The number of benzene rings is 3. The summed E-state index contributed by atoms with van der Waals surface area (Å²) in [6.45, 7) is 1.73. The number of fused-ring (bicyclic) bond motifs is 1. The van der Waals surface area contributed by atoms with Crippen molar-refractivity contribution < 1.29 is 14.4 Å². The van der Waals surface area contributed by atoms with Gasteiger partial charge in [0, 0.05) is 42.5 Å². The molecule has 2 heterocycles. The Kier molecular flexibility index (Phi) is 7.26. The van der Waals surface area contributed by atoms with E-state index in [9.17, 15) is 15.4 Å². The van der Waals surface area contributed by atoms with Crippen molar-refractivity contribution in [2.75, 3.05) is 25.5 Å². The number of pyridine rings is 1. The van der Waals surface area contributed by atoms with Gasteiger partial charge in [0.05, 0.1) is 26.7 Å². The summed E-state index contributed by atoms with van der Waals surface area (Å²) in [6.07, 6.45) is 2.88. The monoisotopic (exact) mass is 529 g/mol. The van der Waals surface area contributed by atoms with E-state index in [1.807, 2.05) is 37.4 Å². The van der Waals surface area contributed by atoms with E-state index < -0.39 is 4.92 Å². The summed E-state index contributed by atoms with van der Waals surface area (Å²) in [7, 11) is 2.04. The van der Waals surface area contributed by atoms with Crippen LogP contribution in [0.4, 0.5) is 17.1 Å². The third-order valence-corrected chi connectivity index (χ3v) is 6.69. The fourth-order valence-corrected chi connectivity index (χ4v) is 4.59. The molecule has 4 aromatic rings. The standard InChI is InChI=1S/C28H24ClN5O4/c1-33-11-9-21(10-12-33)38-27-15-24-22(14-25(27)34(35)36)28(18(16-30)17-31-24)32-19-7-8-26(23(29)13-19)37-20-5-3-2-4-6-20/h2-8,13-15,17,21H,9-12H2,1H3,(H,31,32). The molecule has 9 nitrogen and oxygen atoms in total. The third kappa shape index (κ3) is 5.47. The molecule has 38 heavy (non-hydrogen) atoms. The lowest BCUT2D eigenvalue weighted by atomic mass is 10.1. The maximum absolute atomic E-state index is 12.0. The van der Waals surface area contributed by atoms with Gasteiger partial charge in [-0.15, -0.1) is 0 Å². The summed E-state index contributed by atoms with van der Waals surface area (Å²) in [4.78, 5) is 18.1. The Bertz CT molecular complexity index is 1530. The molecule has 0 amide bonds. The quantitative estimate of drug-likeness (QED) is 0.208. The molecule has 0 unspecified atom stereocenters. The van der Waals surface area contributed by atoms with Crippen molar-refractivity contribution in [3.8, 4) is 23.3 Å². The maximum Gasteiger partial charge on any atom is 0.311 e. The second-order valence-corrected chi connectivity index (χ2v) is 9.47. The highest BCUT2D eigenvalue weighted by molar-refractivity contribution is 6.32. The number of nitrogens with one attached hydrogen (secondary N) is 1. The van der Waals surface area contributed by atoms with E-state index in [4.69, 9.17) is 21.1 Å². The highest BCUT2D eigenvalue weighted by Gasteiger charge is 2.25. The number of piperidine rings is 1. The number of aromatic nitrogens is 1. The van der Waals surface area contributed by atoms with Crippen LogP contribution in [0.25, 0.3) is 10.9 Å². The fourth-order valence-electron chi connectivity index (χ4n) is 4.37. The Hall–Kier alpha value is -4.39. The first-order valence-electron chi connectivity index (χ1n) is 12.1. The molecule has 10 heteroatoms. The number of para-hydroxylation sites is 1. The minimum absolute atomic E-state index is 0.114. The van der Waals surface area contributed by atoms with Crippen molar-refractivity contribution in [3.05, 3.63) is 87.6 Å². The van der Waals surface area contributed by atoms with E-state index in [1.165, 1.54) is 12.3 Å². The smallest absolute Gasteiger partial charge is 0.311 e. The summed E-state index contributed by atoms with van der Waals surface area (Å²) in [5.41, 5.74) is 1.49. The zero-order chi connectivity index (χ0) is 26.6. The lowest BCUT2D eigenvalue weighted by molar-refractivity contribution is -0.386. The summed E-state index contributed by atoms with van der Waals surface area (Å²) in [5, 5.41) is 25.7. The molecule has 1 aliphatic heterocycles. The first kappa shape index (κ1) is 25.3. The van der Waals surface area contributed by atoms with Crippen LogP contribution < -0.4 is 14.8 Å². The number of nitro benzene ring substituents is 1. The number of nitrogens with zero attached hydrogens (tertiary/aromatic N) is 4. The van der Waals surface area contributed by atoms with Gasteiger partial charge in [0.25, 0.3) is 0 Å². The van der Waals surface area contributed by atoms with Gasteiger partial charge in [0.2, 0.25) is 0 Å². The molecule has 1 aromatic heterocycles. The summed E-state index contributed by atoms with van der Waals surface area (Å²) in [5.74, 6) is 1.29. The molecule has 0 saturated carbocycles. The van der Waals surface area contributed by atoms with Crippen molar-refractivity contribution in [1.82, 2.24) is 9.88 Å². The molecule has 0 spiro atoms. The van der Waals surface area contributed by atoms with Crippen LogP contribution in [0.2, 0.25) is 5.02 Å². The van der Waals surface area contributed by atoms with E-state index in [0.717, 1.165) is 25.9 Å². The maximum atomic E-state index is 12.0. The van der Waals surface area contributed by atoms with Gasteiger partial charge in [-0.25, -0.2) is 0 Å². The molecular formula is C28H24ClN5O4. The van der Waals surface area contributed by atoms with Crippen molar-refractivity contribution in [1.29, 1.82) is 5.26 Å². The van der Waals surface area contributed by atoms with E-state index >= 15 is 0 Å². The lowest BCUT2D eigenvalue weighted by Gasteiger charge is -2.29. The normalized spacial score (nSPS) is 14.1. The number of nitriles is 1. The number of hydrogen-bond acceptors (Lipinski definition) is 8. The zero-order valence-electron chi connectivity index (χ0n) is 20.6. The van der Waals surface area contributed by atoms with Crippen LogP contribution in [0.3, 0.4) is 0 Å². The number of rotatable bonds is 7. The molecular weight excluding hydrogens is 506 g/mol. The summed E-state index contributed by atoms with van der Waals surface area (Å²) >= 11 is 6.48. The van der Waals surface area contributed by atoms with Crippen molar-refractivity contribution in [2.24, 2.45) is 0 Å². The van der Waals surface area contributed by atoms with Crippen LogP contribution in [0.5, 0.6) is 17.2 Å². The van der Waals surface area contributed by atoms with Crippen molar-refractivity contribution in [3.63, 3.8) is 0 Å². The molecule has 0 aliphatic carbocycles. The summed E-state index contributed by atoms with van der Waals surface area (Å²) in [6, 6.07) is 19.5. The van der Waals surface area contributed by atoms with Crippen molar-refractivity contribution >= 4 is 39.6 Å². The molecule has 0 bridgehead atoms. The van der Waals surface area contributed by atoms with Crippen LogP contribution in [0.1, 0.15) is 18.4 Å². The fraction of sp³-hybridized carbons (Fsp3) is 0.214. The van der Waals surface area contributed by atoms with Crippen molar-refractivity contribution in [2.45, 2.75) is 18.9 Å². The van der Waals surface area contributed by atoms with Gasteiger partial charge in [-0.1, -0.05) is 29.8 Å². The minimum atomic E-state index is -0.473. The molecule has 1 saturated heterocycles. The van der Waals surface area contributed by atoms with Crippen LogP contribution in [0, 0.1) is 21.4 Å². The van der Waals surface area contributed by atoms with E-state index in [1.54, 1.807) is 24.3 Å². The Labute approximate surface area is 224 Å². The average Bonchev–Trinajstić information content (AvgIpc) is 2.92. The first-order chi connectivity index (χ1) is 18.4. The Morgan fingerprint density at radius 1 is 1.13 bits per heavy atom. The molecule has 1 fully saturated rings. The Balaban J connectivity index is 1.48. The topological polar surface area (TPSA) is 114 Å². The van der Waals surface area contributed by atoms with Gasteiger partial charge in [-0.05, 0) is 50.2 Å². The van der Waals surface area contributed by atoms with E-state index in [0.29, 0.717) is 38.8 Å². The molecule has 5 rings (SSSR count). The van der Waals surface area contributed by atoms with E-state index in [-0.39, 0.29) is 23.1 Å². The predicted octanol–water partition coefficient (Wildman–Crippen LogP) is 6.68. The molecule has 1 N–H and O–H groups in total. The average molecular weight is 530 g/mol. The highest BCUT2D eigenvalue weighted by atomic mass is 35.5. The number of anilines is 2. The highest BCUT2D eigenvalue weighted by Crippen LogP contribution is 2.39. The van der Waals surface area contributed by atoms with Crippen LogP contribution in [-0.2, 0) is 0 Å². The van der Waals surface area contributed by atoms with E-state index in [2.05, 4.69) is 21.3 Å². The SMILES string of the molecule is CN1CCC(Oc2cc3ncc(C#N)c(Nc4ccc(Oc5ccccc5)c(Cl)c4)c3cc2[N+](=O)[O-])CC1. The second kappa shape index (κ2) is 10.9. The van der Waals surface area contributed by atoms with Gasteiger partial charge in [-0.3, -0.25) is 15.1 Å². The molecule has 1 aliphatic rings. The molecule has 3 aromatic carbocycles.